The lowest BCUT2D eigenvalue weighted by Crippen LogP contribution is -2.46. The van der Waals surface area contributed by atoms with E-state index >= 15 is 0 Å². The molecule has 1 aromatic rings. The summed E-state index contributed by atoms with van der Waals surface area (Å²) in [5, 5.41) is 9.11. The van der Waals surface area contributed by atoms with Crippen molar-refractivity contribution >= 4 is 11.9 Å². The third-order valence-electron chi connectivity index (χ3n) is 3.74. The van der Waals surface area contributed by atoms with Crippen LogP contribution in [0.2, 0.25) is 0 Å². The maximum atomic E-state index is 12.4. The van der Waals surface area contributed by atoms with Crippen LogP contribution in [0, 0.1) is 0 Å². The molecule has 1 unspecified atom stereocenters. The normalized spacial score (nSPS) is 24.9. The fourth-order valence-electron chi connectivity index (χ4n) is 2.79. The molecular formula is C14H15NO4. The molecule has 5 heteroatoms. The molecule has 1 saturated heterocycles. The topological polar surface area (TPSA) is 66.8 Å². The molecule has 0 saturated carbocycles. The number of amides is 1. The van der Waals surface area contributed by atoms with Crippen molar-refractivity contribution in [2.75, 3.05) is 6.54 Å². The summed E-state index contributed by atoms with van der Waals surface area (Å²) in [6.45, 7) is 0.506. The Balaban J connectivity index is 1.74. The fourth-order valence-corrected chi connectivity index (χ4v) is 2.79. The van der Waals surface area contributed by atoms with Gasteiger partial charge < -0.3 is 14.7 Å². The number of hydrogen-bond donors (Lipinski definition) is 1. The molecule has 0 spiro atoms. The highest BCUT2D eigenvalue weighted by Gasteiger charge is 2.39. The van der Waals surface area contributed by atoms with Crippen LogP contribution in [0.15, 0.2) is 24.3 Å². The first-order valence-electron chi connectivity index (χ1n) is 6.44. The summed E-state index contributed by atoms with van der Waals surface area (Å²) in [6.07, 6.45) is 1.22. The van der Waals surface area contributed by atoms with E-state index in [0.717, 1.165) is 17.7 Å². The van der Waals surface area contributed by atoms with Crippen LogP contribution in [0.5, 0.6) is 5.75 Å². The number of carboxylic acid groups (broad SMARTS) is 1. The Labute approximate surface area is 110 Å². The number of carboxylic acids is 1. The lowest BCUT2D eigenvalue weighted by molar-refractivity contribution is -0.150. The summed E-state index contributed by atoms with van der Waals surface area (Å²) in [7, 11) is 0. The third-order valence-corrected chi connectivity index (χ3v) is 3.74. The van der Waals surface area contributed by atoms with Crippen LogP contribution < -0.4 is 4.74 Å². The molecule has 2 atom stereocenters. The molecule has 1 aromatic carbocycles. The van der Waals surface area contributed by atoms with Crippen molar-refractivity contribution in [3.63, 3.8) is 0 Å². The van der Waals surface area contributed by atoms with Gasteiger partial charge in [-0.15, -0.1) is 0 Å². The minimum Gasteiger partial charge on any atom is -0.480 e. The Kier molecular flexibility index (Phi) is 2.89. The maximum absolute atomic E-state index is 12.4. The smallest absolute Gasteiger partial charge is 0.326 e. The molecule has 0 aliphatic carbocycles. The van der Waals surface area contributed by atoms with E-state index < -0.39 is 18.1 Å². The first-order valence-corrected chi connectivity index (χ1v) is 6.44. The van der Waals surface area contributed by atoms with Crippen molar-refractivity contribution < 1.29 is 19.4 Å². The number of rotatable bonds is 2. The quantitative estimate of drug-likeness (QED) is 0.864. The van der Waals surface area contributed by atoms with Gasteiger partial charge in [0.1, 0.15) is 11.8 Å². The first kappa shape index (κ1) is 12.0. The summed E-state index contributed by atoms with van der Waals surface area (Å²) in [6, 6.07) is 6.84. The number of carbonyl (C=O) groups excluding carboxylic acids is 1. The lowest BCUT2D eigenvalue weighted by atomic mass is 10.1. The summed E-state index contributed by atoms with van der Waals surface area (Å²) in [5.41, 5.74) is 1.01. The van der Waals surface area contributed by atoms with E-state index in [2.05, 4.69) is 0 Å². The van der Waals surface area contributed by atoms with Crippen LogP contribution in [0.4, 0.5) is 0 Å². The van der Waals surface area contributed by atoms with Crippen LogP contribution in [-0.4, -0.2) is 40.6 Å². The van der Waals surface area contributed by atoms with E-state index in [4.69, 9.17) is 9.84 Å². The molecule has 0 aromatic heterocycles. The van der Waals surface area contributed by atoms with Gasteiger partial charge in [0, 0.05) is 13.0 Å². The van der Waals surface area contributed by atoms with E-state index in [1.165, 1.54) is 4.90 Å². The van der Waals surface area contributed by atoms with Gasteiger partial charge in [-0.1, -0.05) is 18.2 Å². The van der Waals surface area contributed by atoms with Crippen molar-refractivity contribution in [3.8, 4) is 5.75 Å². The van der Waals surface area contributed by atoms with Crippen molar-refractivity contribution in [1.82, 2.24) is 4.90 Å². The molecule has 2 aliphatic rings. The molecule has 19 heavy (non-hydrogen) atoms. The number of hydrogen-bond acceptors (Lipinski definition) is 3. The van der Waals surface area contributed by atoms with Crippen LogP contribution in [0.3, 0.4) is 0 Å². The van der Waals surface area contributed by atoms with Gasteiger partial charge in [-0.25, -0.2) is 4.79 Å². The van der Waals surface area contributed by atoms with Gasteiger partial charge in [0.15, 0.2) is 6.10 Å². The zero-order valence-corrected chi connectivity index (χ0v) is 10.4. The van der Waals surface area contributed by atoms with Crippen LogP contribution >= 0.6 is 0 Å². The average Bonchev–Trinajstić information content (AvgIpc) is 3.04. The Hall–Kier alpha value is -2.04. The highest BCUT2D eigenvalue weighted by atomic mass is 16.5. The van der Waals surface area contributed by atoms with E-state index in [1.54, 1.807) is 0 Å². The second kappa shape index (κ2) is 4.57. The van der Waals surface area contributed by atoms with Gasteiger partial charge in [0.25, 0.3) is 5.91 Å². The van der Waals surface area contributed by atoms with E-state index in [0.29, 0.717) is 19.4 Å². The summed E-state index contributed by atoms with van der Waals surface area (Å²) in [4.78, 5) is 24.9. The Morgan fingerprint density at radius 3 is 2.84 bits per heavy atom. The highest BCUT2D eigenvalue weighted by molar-refractivity contribution is 5.88. The van der Waals surface area contributed by atoms with Gasteiger partial charge in [0.05, 0.1) is 0 Å². The Bertz CT molecular complexity index is 503. The van der Waals surface area contributed by atoms with E-state index in [1.807, 2.05) is 24.3 Å². The molecule has 1 amide bonds. The summed E-state index contributed by atoms with van der Waals surface area (Å²) < 4.78 is 5.63. The van der Waals surface area contributed by atoms with Crippen LogP contribution in [0.25, 0.3) is 0 Å². The number of para-hydroxylation sites is 1. The van der Waals surface area contributed by atoms with Gasteiger partial charge >= 0.3 is 5.97 Å². The standard InChI is InChI=1S/C14H15NO4/c16-13(15-7-3-5-10(15)14(17)18)12-8-9-4-1-2-6-11(9)19-12/h1-2,4,6,10,12H,3,5,7-8H2,(H,17,18)/t10-,12?/m1/s1. The maximum Gasteiger partial charge on any atom is 0.326 e. The predicted octanol–water partition coefficient (Wildman–Crippen LogP) is 1.07. The van der Waals surface area contributed by atoms with Crippen molar-refractivity contribution in [2.45, 2.75) is 31.4 Å². The van der Waals surface area contributed by atoms with Crippen molar-refractivity contribution in [3.05, 3.63) is 29.8 Å². The number of carbonyl (C=O) groups is 2. The molecule has 3 rings (SSSR count). The minimum absolute atomic E-state index is 0.207. The first-order chi connectivity index (χ1) is 9.16. The third kappa shape index (κ3) is 2.05. The zero-order chi connectivity index (χ0) is 13.4. The molecule has 100 valence electrons. The second-order valence-electron chi connectivity index (χ2n) is 4.95. The Morgan fingerprint density at radius 1 is 1.32 bits per heavy atom. The number of ether oxygens (including phenoxy) is 1. The number of likely N-dealkylation sites (tertiary alicyclic amines) is 1. The molecule has 2 aliphatic heterocycles. The van der Waals surface area contributed by atoms with Gasteiger partial charge in [0.2, 0.25) is 0 Å². The average molecular weight is 261 g/mol. The van der Waals surface area contributed by atoms with E-state index in [-0.39, 0.29) is 5.91 Å². The summed E-state index contributed by atoms with van der Waals surface area (Å²) in [5.74, 6) is -0.408. The molecular weight excluding hydrogens is 246 g/mol. The zero-order valence-electron chi connectivity index (χ0n) is 10.4. The molecule has 5 nitrogen and oxygen atoms in total. The second-order valence-corrected chi connectivity index (χ2v) is 4.95. The van der Waals surface area contributed by atoms with Crippen molar-refractivity contribution in [2.24, 2.45) is 0 Å². The number of benzene rings is 1. The summed E-state index contributed by atoms with van der Waals surface area (Å²) >= 11 is 0. The molecule has 0 bridgehead atoms. The van der Waals surface area contributed by atoms with Gasteiger partial charge in [-0.05, 0) is 24.5 Å². The molecule has 1 fully saturated rings. The Morgan fingerprint density at radius 2 is 2.11 bits per heavy atom. The number of fused-ring (bicyclic) bond motifs is 1. The fraction of sp³-hybridized carbons (Fsp3) is 0.429. The van der Waals surface area contributed by atoms with Gasteiger partial charge in [-0.2, -0.15) is 0 Å². The minimum atomic E-state index is -0.929. The number of aliphatic carboxylic acids is 1. The molecule has 1 N–H and O–H groups in total. The van der Waals surface area contributed by atoms with Crippen LogP contribution in [0.1, 0.15) is 18.4 Å². The SMILES string of the molecule is O=C(O)[C@H]1CCCN1C(=O)C1Cc2ccccc2O1. The van der Waals surface area contributed by atoms with Crippen LogP contribution in [-0.2, 0) is 16.0 Å². The monoisotopic (exact) mass is 261 g/mol. The predicted molar refractivity (Wildman–Crippen MR) is 66.9 cm³/mol. The molecule has 0 radical (unpaired) electrons. The van der Waals surface area contributed by atoms with E-state index in [9.17, 15) is 9.59 Å². The molecule has 2 heterocycles. The lowest BCUT2D eigenvalue weighted by Gasteiger charge is -2.24. The van der Waals surface area contributed by atoms with Crippen molar-refractivity contribution in [1.29, 1.82) is 0 Å². The number of nitrogens with zero attached hydrogens (tertiary/aromatic N) is 1. The largest absolute Gasteiger partial charge is 0.480 e. The highest BCUT2D eigenvalue weighted by Crippen LogP contribution is 2.30. The van der Waals surface area contributed by atoms with Gasteiger partial charge in [-0.3, -0.25) is 4.79 Å².